The predicted molar refractivity (Wildman–Crippen MR) is 126 cm³/mol. The van der Waals surface area contributed by atoms with Crippen molar-refractivity contribution in [2.45, 2.75) is 13.3 Å². The molecule has 0 aliphatic heterocycles. The van der Waals surface area contributed by atoms with Crippen LogP contribution in [-0.4, -0.2) is 49.7 Å². The molecule has 0 aliphatic rings. The van der Waals surface area contributed by atoms with E-state index in [2.05, 4.69) is 24.3 Å². The highest BCUT2D eigenvalue weighted by molar-refractivity contribution is 6.23. The topological polar surface area (TPSA) is 102 Å². The maximum Gasteiger partial charge on any atom is 0.142 e. The van der Waals surface area contributed by atoms with Crippen LogP contribution >= 0.6 is 0 Å². The van der Waals surface area contributed by atoms with E-state index >= 15 is 0 Å². The minimum absolute atomic E-state index is 0.478. The largest absolute Gasteiger partial charge is 0.495 e. The van der Waals surface area contributed by atoms with Gasteiger partial charge in [-0.15, -0.1) is 0 Å². The fourth-order valence-electron chi connectivity index (χ4n) is 4.01. The molecule has 0 amide bonds. The van der Waals surface area contributed by atoms with Gasteiger partial charge in [0, 0.05) is 47.2 Å². The highest BCUT2D eigenvalue weighted by Crippen LogP contribution is 2.40. The van der Waals surface area contributed by atoms with Gasteiger partial charge in [0.1, 0.15) is 11.6 Å². The van der Waals surface area contributed by atoms with Gasteiger partial charge in [-0.25, -0.2) is 4.98 Å². The van der Waals surface area contributed by atoms with Crippen molar-refractivity contribution in [2.24, 2.45) is 0 Å². The first-order valence-corrected chi connectivity index (χ1v) is 9.96. The molecule has 0 saturated heterocycles. The number of aromatic nitrogens is 2. The number of fused-ring (bicyclic) bond motifs is 5. The predicted octanol–water partition coefficient (Wildman–Crippen LogP) is 3.56. The fourth-order valence-corrected chi connectivity index (χ4v) is 4.01. The van der Waals surface area contributed by atoms with Gasteiger partial charge in [0.25, 0.3) is 0 Å². The van der Waals surface area contributed by atoms with Crippen LogP contribution in [0.15, 0.2) is 24.3 Å². The number of anilines is 3. The van der Waals surface area contributed by atoms with Gasteiger partial charge in [0.15, 0.2) is 0 Å². The SMILES string of the molecule is CNc1cc2nc(CCN(C)C)c3c(N)nc4c(C)c(N)ccc4c3c2cc1OC. The van der Waals surface area contributed by atoms with Gasteiger partial charge in [0.05, 0.1) is 29.5 Å². The highest BCUT2D eigenvalue weighted by atomic mass is 16.5. The van der Waals surface area contributed by atoms with Crippen LogP contribution in [0.1, 0.15) is 11.3 Å². The fraction of sp³-hybridized carbons (Fsp3) is 0.304. The van der Waals surface area contributed by atoms with E-state index in [1.165, 1.54) is 0 Å². The maximum absolute atomic E-state index is 6.52. The molecular weight excluding hydrogens is 376 g/mol. The van der Waals surface area contributed by atoms with Crippen molar-refractivity contribution in [3.8, 4) is 5.75 Å². The minimum Gasteiger partial charge on any atom is -0.495 e. The monoisotopic (exact) mass is 404 g/mol. The number of pyridine rings is 2. The summed E-state index contributed by atoms with van der Waals surface area (Å²) in [5, 5.41) is 7.14. The molecule has 2 aromatic carbocycles. The Bertz CT molecular complexity index is 1280. The Morgan fingerprint density at radius 1 is 1.07 bits per heavy atom. The lowest BCUT2D eigenvalue weighted by molar-refractivity contribution is 0.412. The van der Waals surface area contributed by atoms with Crippen molar-refractivity contribution in [3.05, 3.63) is 35.5 Å². The van der Waals surface area contributed by atoms with Crippen molar-refractivity contribution in [3.63, 3.8) is 0 Å². The Balaban J connectivity index is 2.22. The highest BCUT2D eigenvalue weighted by Gasteiger charge is 2.19. The van der Waals surface area contributed by atoms with E-state index < -0.39 is 0 Å². The third-order valence-corrected chi connectivity index (χ3v) is 5.68. The molecule has 7 heteroatoms. The molecule has 0 unspecified atom stereocenters. The van der Waals surface area contributed by atoms with Crippen LogP contribution in [-0.2, 0) is 6.42 Å². The Morgan fingerprint density at radius 3 is 2.50 bits per heavy atom. The average molecular weight is 405 g/mol. The quantitative estimate of drug-likeness (QED) is 0.345. The second-order valence-electron chi connectivity index (χ2n) is 7.85. The molecule has 0 saturated carbocycles. The van der Waals surface area contributed by atoms with E-state index in [1.807, 2.05) is 38.2 Å². The summed E-state index contributed by atoms with van der Waals surface area (Å²) in [4.78, 5) is 11.9. The molecule has 7 nitrogen and oxygen atoms in total. The lowest BCUT2D eigenvalue weighted by atomic mass is 9.96. The number of benzene rings is 2. The van der Waals surface area contributed by atoms with Gasteiger partial charge in [0.2, 0.25) is 0 Å². The van der Waals surface area contributed by atoms with Crippen molar-refractivity contribution in [1.29, 1.82) is 0 Å². The molecule has 4 rings (SSSR count). The summed E-state index contributed by atoms with van der Waals surface area (Å²) in [6, 6.07) is 8.01. The Kier molecular flexibility index (Phi) is 4.99. The first-order valence-electron chi connectivity index (χ1n) is 9.96. The normalized spacial score (nSPS) is 11.7. The van der Waals surface area contributed by atoms with E-state index in [-0.39, 0.29) is 0 Å². The summed E-state index contributed by atoms with van der Waals surface area (Å²) in [6.45, 7) is 2.84. The van der Waals surface area contributed by atoms with Crippen LogP contribution in [0.3, 0.4) is 0 Å². The molecule has 0 aliphatic carbocycles. The number of nitrogen functional groups attached to an aromatic ring is 2. The average Bonchev–Trinajstić information content (AvgIpc) is 2.73. The maximum atomic E-state index is 6.52. The van der Waals surface area contributed by atoms with E-state index in [1.54, 1.807) is 7.11 Å². The first-order chi connectivity index (χ1) is 14.3. The van der Waals surface area contributed by atoms with E-state index in [9.17, 15) is 0 Å². The van der Waals surface area contributed by atoms with E-state index in [0.29, 0.717) is 11.5 Å². The number of rotatable bonds is 5. The summed E-state index contributed by atoms with van der Waals surface area (Å²) < 4.78 is 5.62. The number of nitrogens with one attached hydrogen (secondary N) is 1. The molecule has 0 bridgehead atoms. The van der Waals surface area contributed by atoms with Crippen molar-refractivity contribution in [1.82, 2.24) is 14.9 Å². The molecule has 0 fully saturated rings. The molecule has 0 radical (unpaired) electrons. The molecule has 4 aromatic rings. The summed E-state index contributed by atoms with van der Waals surface area (Å²) in [7, 11) is 7.65. The molecular formula is C23H28N6O. The molecule has 30 heavy (non-hydrogen) atoms. The van der Waals surface area contributed by atoms with Gasteiger partial charge in [-0.2, -0.15) is 0 Å². The third-order valence-electron chi connectivity index (χ3n) is 5.68. The lowest BCUT2D eigenvalue weighted by Crippen LogP contribution is -2.16. The van der Waals surface area contributed by atoms with Crippen LogP contribution in [0.25, 0.3) is 32.6 Å². The number of hydrogen-bond donors (Lipinski definition) is 3. The standard InChI is InChI=1S/C23H28N6O/c1-12-15(24)7-6-13-20-14-10-19(30-5)18(26-2)11-17(14)27-16(8-9-29(3)4)21(20)23(25)28-22(12)13/h6-7,10-11,26H,8-9,24H2,1-5H3,(H2,25,28). The Labute approximate surface area is 176 Å². The van der Waals surface area contributed by atoms with Gasteiger partial charge < -0.3 is 26.4 Å². The molecule has 2 heterocycles. The summed E-state index contributed by atoms with van der Waals surface area (Å²) in [6.07, 6.45) is 0.770. The molecule has 0 atom stereocenters. The number of aryl methyl sites for hydroxylation is 1. The minimum atomic E-state index is 0.478. The Hall–Kier alpha value is -3.32. The molecule has 2 aromatic heterocycles. The van der Waals surface area contributed by atoms with Crippen LogP contribution in [0, 0.1) is 6.92 Å². The zero-order chi connectivity index (χ0) is 21.6. The number of nitrogens with zero attached hydrogens (tertiary/aromatic N) is 3. The zero-order valence-corrected chi connectivity index (χ0v) is 18.1. The number of likely N-dealkylation sites (N-methyl/N-ethyl adjacent to an activating group) is 1. The van der Waals surface area contributed by atoms with Crippen LogP contribution in [0.2, 0.25) is 0 Å². The summed E-state index contributed by atoms with van der Waals surface area (Å²) in [5.74, 6) is 1.23. The molecule has 156 valence electrons. The zero-order valence-electron chi connectivity index (χ0n) is 18.1. The third kappa shape index (κ3) is 3.11. The van der Waals surface area contributed by atoms with Crippen LogP contribution < -0.4 is 21.5 Å². The second-order valence-corrected chi connectivity index (χ2v) is 7.85. The van der Waals surface area contributed by atoms with Gasteiger partial charge in [-0.1, -0.05) is 6.07 Å². The van der Waals surface area contributed by atoms with E-state index in [0.717, 1.165) is 68.2 Å². The smallest absolute Gasteiger partial charge is 0.142 e. The van der Waals surface area contributed by atoms with Crippen LogP contribution in [0.4, 0.5) is 17.2 Å². The number of hydrogen-bond acceptors (Lipinski definition) is 7. The van der Waals surface area contributed by atoms with Gasteiger partial charge in [-0.3, -0.25) is 4.98 Å². The van der Waals surface area contributed by atoms with Gasteiger partial charge in [-0.05, 0) is 44.8 Å². The first kappa shape index (κ1) is 20.0. The number of nitrogens with two attached hydrogens (primary N) is 2. The van der Waals surface area contributed by atoms with E-state index in [4.69, 9.17) is 26.2 Å². The molecule has 5 N–H and O–H groups in total. The van der Waals surface area contributed by atoms with Crippen LogP contribution in [0.5, 0.6) is 5.75 Å². The number of methoxy groups -OCH3 is 1. The lowest BCUT2D eigenvalue weighted by Gasteiger charge is -2.18. The summed E-state index contributed by atoms with van der Waals surface area (Å²) in [5.41, 5.74) is 17.9. The van der Waals surface area contributed by atoms with Crippen molar-refractivity contribution in [2.75, 3.05) is 51.6 Å². The van der Waals surface area contributed by atoms with Crippen molar-refractivity contribution < 1.29 is 4.74 Å². The second kappa shape index (κ2) is 7.50. The number of ether oxygens (including phenoxy) is 1. The summed E-state index contributed by atoms with van der Waals surface area (Å²) >= 11 is 0. The van der Waals surface area contributed by atoms with Crippen molar-refractivity contribution >= 4 is 49.8 Å². The van der Waals surface area contributed by atoms with Gasteiger partial charge >= 0.3 is 0 Å². The Morgan fingerprint density at radius 2 is 1.83 bits per heavy atom. The molecule has 0 spiro atoms.